The molecule has 208 valence electrons. The Morgan fingerprint density at radius 2 is 1.82 bits per heavy atom. The first kappa shape index (κ1) is 28.5. The molecule has 11 nitrogen and oxygen atoms in total. The maximum atomic E-state index is 13.4. The summed E-state index contributed by atoms with van der Waals surface area (Å²) in [6, 6.07) is 9.72. The highest BCUT2D eigenvalue weighted by Gasteiger charge is 2.43. The number of nitrogens with zero attached hydrogens (tertiary/aromatic N) is 6. The molecule has 1 saturated heterocycles. The van der Waals surface area contributed by atoms with Gasteiger partial charge in [-0.15, -0.1) is 0 Å². The third kappa shape index (κ3) is 6.94. The molecule has 1 atom stereocenters. The van der Waals surface area contributed by atoms with Gasteiger partial charge in [-0.2, -0.15) is 5.10 Å². The molecule has 11 heteroatoms. The lowest BCUT2D eigenvalue weighted by atomic mass is 9.93. The van der Waals surface area contributed by atoms with Crippen LogP contribution in [0.25, 0.3) is 6.08 Å². The van der Waals surface area contributed by atoms with E-state index >= 15 is 0 Å². The van der Waals surface area contributed by atoms with Crippen LogP contribution in [0.15, 0.2) is 54.5 Å². The number of aromatic nitrogens is 4. The van der Waals surface area contributed by atoms with E-state index < -0.39 is 5.97 Å². The summed E-state index contributed by atoms with van der Waals surface area (Å²) in [6.45, 7) is 5.15. The van der Waals surface area contributed by atoms with Crippen LogP contribution in [0.5, 0.6) is 0 Å². The van der Waals surface area contributed by atoms with Crippen LogP contribution >= 0.6 is 0 Å². The number of anilines is 1. The van der Waals surface area contributed by atoms with Crippen molar-refractivity contribution in [3.8, 4) is 0 Å². The summed E-state index contributed by atoms with van der Waals surface area (Å²) in [4.78, 5) is 24.9. The monoisotopic (exact) mass is 536 g/mol. The maximum Gasteiger partial charge on any atom is 0.321 e. The highest BCUT2D eigenvalue weighted by molar-refractivity contribution is 5.75. The van der Waals surface area contributed by atoms with E-state index in [-0.39, 0.29) is 11.5 Å². The fourth-order valence-electron chi connectivity index (χ4n) is 4.85. The van der Waals surface area contributed by atoms with Crippen molar-refractivity contribution in [3.05, 3.63) is 77.0 Å². The number of quaternary nitrogens is 1. The Hall–Kier alpha value is -3.48. The van der Waals surface area contributed by atoms with E-state index in [1.165, 1.54) is 12.1 Å². The molecule has 1 unspecified atom stereocenters. The lowest BCUT2D eigenvalue weighted by Gasteiger charge is -2.38. The molecular weight excluding hydrogens is 498 g/mol. The minimum absolute atomic E-state index is 0.0648. The Morgan fingerprint density at radius 3 is 2.41 bits per heavy atom. The van der Waals surface area contributed by atoms with Crippen molar-refractivity contribution in [2.45, 2.75) is 38.8 Å². The van der Waals surface area contributed by atoms with Gasteiger partial charge >= 0.3 is 11.9 Å². The third-order valence-electron chi connectivity index (χ3n) is 7.42. The predicted octanol–water partition coefficient (Wildman–Crippen LogP) is 1.79. The average Bonchev–Trinajstić information content (AvgIpc) is 3.33. The van der Waals surface area contributed by atoms with Crippen LogP contribution in [0.4, 0.5) is 5.95 Å². The first-order valence-corrected chi connectivity index (χ1v) is 13.0. The highest BCUT2D eigenvalue weighted by Crippen LogP contribution is 2.33. The van der Waals surface area contributed by atoms with Crippen molar-refractivity contribution in [1.82, 2.24) is 24.6 Å². The van der Waals surface area contributed by atoms with E-state index in [0.717, 1.165) is 48.6 Å². The van der Waals surface area contributed by atoms with Gasteiger partial charge in [0.2, 0.25) is 5.95 Å². The largest absolute Gasteiger partial charge is 0.348 e. The Morgan fingerprint density at radius 1 is 1.13 bits per heavy atom. The normalized spacial score (nSPS) is 19.9. The third-order valence-corrected chi connectivity index (χ3v) is 7.42. The molecule has 5 rings (SSSR count). The molecule has 0 radical (unpaired) electrons. The molecule has 2 aliphatic rings. The van der Waals surface area contributed by atoms with Crippen LogP contribution < -0.4 is 5.32 Å². The number of carbonyl (C=O) groups excluding carboxylic acids is 1. The Labute approximate surface area is 228 Å². The first-order chi connectivity index (χ1) is 18.5. The van der Waals surface area contributed by atoms with Crippen LogP contribution in [0.1, 0.15) is 42.3 Å². The number of rotatable bonds is 5. The SMILES string of the molecule is CC1=Cc2cnc(NCc3ccn(C)n3)nc2C[N+]1(C)C(=O)C1CCN(C)CC1.OC(O)(O)c1ccccc1. The molecule has 1 aromatic carbocycles. The van der Waals surface area contributed by atoms with Crippen LogP contribution in [-0.2, 0) is 30.9 Å². The van der Waals surface area contributed by atoms with Crippen LogP contribution in [0.3, 0.4) is 0 Å². The van der Waals surface area contributed by atoms with Gasteiger partial charge in [-0.3, -0.25) is 4.68 Å². The second-order valence-electron chi connectivity index (χ2n) is 10.5. The molecule has 39 heavy (non-hydrogen) atoms. The summed E-state index contributed by atoms with van der Waals surface area (Å²) in [5.41, 5.74) is 3.97. The summed E-state index contributed by atoms with van der Waals surface area (Å²) >= 11 is 0. The van der Waals surface area contributed by atoms with Crippen molar-refractivity contribution >= 4 is 17.9 Å². The van der Waals surface area contributed by atoms with Crippen molar-refractivity contribution in [1.29, 1.82) is 0 Å². The Balaban J connectivity index is 0.000000298. The smallest absolute Gasteiger partial charge is 0.321 e. The minimum Gasteiger partial charge on any atom is -0.348 e. The molecular formula is C28H38N7O4+. The second-order valence-corrected chi connectivity index (χ2v) is 10.5. The van der Waals surface area contributed by atoms with Gasteiger partial charge in [-0.25, -0.2) is 19.2 Å². The van der Waals surface area contributed by atoms with Gasteiger partial charge in [-0.1, -0.05) is 30.3 Å². The van der Waals surface area contributed by atoms with Gasteiger partial charge in [0, 0.05) is 43.6 Å². The molecule has 1 amide bonds. The predicted molar refractivity (Wildman–Crippen MR) is 146 cm³/mol. The van der Waals surface area contributed by atoms with Crippen molar-refractivity contribution in [2.24, 2.45) is 13.0 Å². The zero-order valence-corrected chi connectivity index (χ0v) is 22.9. The molecule has 1 fully saturated rings. The number of likely N-dealkylation sites (tertiary alicyclic amines) is 1. The molecule has 2 aromatic heterocycles. The van der Waals surface area contributed by atoms with Crippen molar-refractivity contribution in [3.63, 3.8) is 0 Å². The fraction of sp³-hybridized carbons (Fsp3) is 0.429. The van der Waals surface area contributed by atoms with Gasteiger partial charge in [0.15, 0.2) is 0 Å². The standard InChI is InChI=1S/C21H30N7O.C7H8O3/c1-15-11-17-12-22-21(23-13-18-7-10-27(3)25-18)24-19(17)14-28(15,4)20(29)16-5-8-26(2)9-6-16;8-7(9,10)6-4-2-1-3-5-6/h7,10-12,16H,5-6,8-9,13-14H2,1-4H3,(H,22,23,24);1-5,8-10H/q+1;. The summed E-state index contributed by atoms with van der Waals surface area (Å²) in [5.74, 6) is -1.72. The molecule has 4 heterocycles. The van der Waals surface area contributed by atoms with Gasteiger partial charge in [-0.05, 0) is 39.0 Å². The number of amides is 1. The number of hydrogen-bond acceptors (Lipinski definition) is 9. The van der Waals surface area contributed by atoms with Gasteiger partial charge in [0.05, 0.1) is 25.2 Å². The number of fused-ring (bicyclic) bond motifs is 1. The summed E-state index contributed by atoms with van der Waals surface area (Å²) in [6.07, 6.45) is 7.69. The van der Waals surface area contributed by atoms with Crippen molar-refractivity contribution < 1.29 is 24.6 Å². The topological polar surface area (TPSA) is 137 Å². The molecule has 0 aliphatic carbocycles. The lowest BCUT2D eigenvalue weighted by Crippen LogP contribution is -2.53. The van der Waals surface area contributed by atoms with E-state index in [4.69, 9.17) is 20.3 Å². The number of nitrogens with one attached hydrogen (secondary N) is 1. The number of benzene rings is 1. The number of aliphatic hydroxyl groups is 3. The van der Waals surface area contributed by atoms with Gasteiger partial charge in [0.1, 0.15) is 17.9 Å². The molecule has 2 aliphatic heterocycles. The summed E-state index contributed by atoms with van der Waals surface area (Å²) < 4.78 is 2.08. The molecule has 0 spiro atoms. The van der Waals surface area contributed by atoms with Crippen molar-refractivity contribution in [2.75, 3.05) is 32.5 Å². The Kier molecular flexibility index (Phi) is 8.57. The first-order valence-electron chi connectivity index (χ1n) is 13.0. The zero-order valence-electron chi connectivity index (χ0n) is 22.9. The Bertz CT molecular complexity index is 1310. The van der Waals surface area contributed by atoms with Crippen LogP contribution in [0.2, 0.25) is 0 Å². The van der Waals surface area contributed by atoms with E-state index in [0.29, 0.717) is 29.4 Å². The highest BCUT2D eigenvalue weighted by atomic mass is 16.7. The second kappa shape index (κ2) is 11.7. The number of aryl methyl sites for hydroxylation is 1. The number of allylic oxidation sites excluding steroid dienone is 1. The molecule has 4 N–H and O–H groups in total. The minimum atomic E-state index is -2.71. The molecule has 3 aromatic rings. The lowest BCUT2D eigenvalue weighted by molar-refractivity contribution is -0.812. The van der Waals surface area contributed by atoms with E-state index in [9.17, 15) is 4.79 Å². The molecule has 0 bridgehead atoms. The van der Waals surface area contributed by atoms with E-state index in [2.05, 4.69) is 33.4 Å². The number of carbonyl (C=O) groups is 1. The van der Waals surface area contributed by atoms with Crippen LogP contribution in [-0.4, -0.2) is 77.5 Å². The van der Waals surface area contributed by atoms with Gasteiger partial charge in [0.25, 0.3) is 0 Å². The van der Waals surface area contributed by atoms with Crippen LogP contribution in [0, 0.1) is 5.92 Å². The van der Waals surface area contributed by atoms with E-state index in [1.54, 1.807) is 22.9 Å². The fourth-order valence-corrected chi connectivity index (χ4v) is 4.85. The number of piperidine rings is 1. The van der Waals surface area contributed by atoms with Gasteiger partial charge < -0.3 is 25.5 Å². The summed E-state index contributed by atoms with van der Waals surface area (Å²) in [7, 11) is 6.04. The molecule has 0 saturated carbocycles. The zero-order chi connectivity index (χ0) is 28.2. The maximum absolute atomic E-state index is 13.4. The summed E-state index contributed by atoms with van der Waals surface area (Å²) in [5, 5.41) is 33.4. The average molecular weight is 537 g/mol. The van der Waals surface area contributed by atoms with E-state index in [1.807, 2.05) is 39.5 Å². The quantitative estimate of drug-likeness (QED) is 0.284. The number of hydrogen-bond donors (Lipinski definition) is 4.